The fourth-order valence-corrected chi connectivity index (χ4v) is 4.11. The monoisotopic (exact) mass is 464 g/mol. The van der Waals surface area contributed by atoms with E-state index in [1.165, 1.54) is 0 Å². The number of hydrogen-bond acceptors (Lipinski definition) is 6. The minimum atomic E-state index is -0.767. The molecule has 1 fully saturated rings. The molecule has 0 radical (unpaired) electrons. The van der Waals surface area contributed by atoms with Gasteiger partial charge in [0.05, 0.1) is 22.7 Å². The topological polar surface area (TPSA) is 103 Å². The summed E-state index contributed by atoms with van der Waals surface area (Å²) in [6.07, 6.45) is 5.04. The number of imidazole rings is 1. The smallest absolute Gasteiger partial charge is 0.274 e. The Morgan fingerprint density at radius 3 is 2.50 bits per heavy atom. The SMILES string of the molecule is CC(=O)N1CCN(c2cc3nc(CCC(C)(C)O)cn3cc2NC(=O)c2cccc(C)n2)CC1. The highest BCUT2D eigenvalue weighted by Gasteiger charge is 2.23. The van der Waals surface area contributed by atoms with Crippen LogP contribution in [0.15, 0.2) is 36.7 Å². The molecule has 2 N–H and O–H groups in total. The third kappa shape index (κ3) is 5.53. The van der Waals surface area contributed by atoms with E-state index in [0.717, 1.165) is 22.7 Å². The predicted octanol–water partition coefficient (Wildman–Crippen LogP) is 2.66. The van der Waals surface area contributed by atoms with Crippen LogP contribution in [0.1, 0.15) is 49.1 Å². The Hall–Kier alpha value is -3.46. The molecule has 0 aliphatic carbocycles. The van der Waals surface area contributed by atoms with E-state index < -0.39 is 5.60 Å². The van der Waals surface area contributed by atoms with Crippen LogP contribution in [0, 0.1) is 6.92 Å². The lowest BCUT2D eigenvalue weighted by atomic mass is 10.0. The van der Waals surface area contributed by atoms with Gasteiger partial charge in [0, 0.05) is 57.3 Å². The first kappa shape index (κ1) is 23.7. The summed E-state index contributed by atoms with van der Waals surface area (Å²) in [5, 5.41) is 13.1. The molecule has 1 aliphatic heterocycles. The number of hydrogen-bond donors (Lipinski definition) is 2. The van der Waals surface area contributed by atoms with Crippen molar-refractivity contribution in [2.75, 3.05) is 36.4 Å². The van der Waals surface area contributed by atoms with Crippen molar-refractivity contribution in [2.24, 2.45) is 0 Å². The number of nitrogens with one attached hydrogen (secondary N) is 1. The highest BCUT2D eigenvalue weighted by molar-refractivity contribution is 6.04. The number of piperazine rings is 1. The Balaban J connectivity index is 1.66. The maximum Gasteiger partial charge on any atom is 0.274 e. The molecule has 0 aromatic carbocycles. The molecule has 0 unspecified atom stereocenters. The van der Waals surface area contributed by atoms with Gasteiger partial charge < -0.3 is 24.6 Å². The summed E-state index contributed by atoms with van der Waals surface area (Å²) < 4.78 is 1.90. The maximum absolute atomic E-state index is 13.0. The van der Waals surface area contributed by atoms with Crippen LogP contribution < -0.4 is 10.2 Å². The van der Waals surface area contributed by atoms with Gasteiger partial charge in [-0.15, -0.1) is 0 Å². The van der Waals surface area contributed by atoms with Crippen LogP contribution in [0.2, 0.25) is 0 Å². The van der Waals surface area contributed by atoms with Crippen molar-refractivity contribution in [3.8, 4) is 0 Å². The Labute approximate surface area is 199 Å². The number of fused-ring (bicyclic) bond motifs is 1. The molecule has 34 heavy (non-hydrogen) atoms. The van der Waals surface area contributed by atoms with Gasteiger partial charge in [-0.05, 0) is 45.7 Å². The van der Waals surface area contributed by atoms with Crippen molar-refractivity contribution in [1.82, 2.24) is 19.3 Å². The molecule has 1 aliphatic rings. The summed E-state index contributed by atoms with van der Waals surface area (Å²) >= 11 is 0. The van der Waals surface area contributed by atoms with Crippen molar-refractivity contribution in [3.63, 3.8) is 0 Å². The predicted molar refractivity (Wildman–Crippen MR) is 131 cm³/mol. The minimum Gasteiger partial charge on any atom is -0.390 e. The Kier molecular flexibility index (Phi) is 6.56. The summed E-state index contributed by atoms with van der Waals surface area (Å²) in [5.41, 5.74) is 3.51. The van der Waals surface area contributed by atoms with E-state index in [2.05, 4.69) is 15.2 Å². The molecule has 4 heterocycles. The number of carbonyl (C=O) groups excluding carboxylic acids is 2. The van der Waals surface area contributed by atoms with E-state index in [0.29, 0.717) is 50.4 Å². The van der Waals surface area contributed by atoms with Gasteiger partial charge in [-0.1, -0.05) is 6.07 Å². The van der Waals surface area contributed by atoms with Crippen LogP contribution in [0.25, 0.3) is 5.65 Å². The molecule has 180 valence electrons. The van der Waals surface area contributed by atoms with Crippen molar-refractivity contribution in [3.05, 3.63) is 53.7 Å². The standard InChI is InChI=1S/C25H32N6O3/c1-17-6-5-7-20(26-17)24(33)28-21-16-31-15-19(8-9-25(3,4)34)27-23(31)14-22(21)30-12-10-29(11-13-30)18(2)32/h5-7,14-16,34H,8-13H2,1-4H3,(H,28,33). The number of anilines is 2. The number of amides is 2. The maximum atomic E-state index is 13.0. The molecule has 9 nitrogen and oxygen atoms in total. The zero-order valence-corrected chi connectivity index (χ0v) is 20.2. The third-order valence-electron chi connectivity index (χ3n) is 6.05. The van der Waals surface area contributed by atoms with Crippen LogP contribution in [-0.2, 0) is 11.2 Å². The van der Waals surface area contributed by atoms with E-state index in [-0.39, 0.29) is 11.8 Å². The lowest BCUT2D eigenvalue weighted by molar-refractivity contribution is -0.129. The van der Waals surface area contributed by atoms with Crippen LogP contribution in [0.4, 0.5) is 11.4 Å². The van der Waals surface area contributed by atoms with Crippen LogP contribution in [0.3, 0.4) is 0 Å². The number of rotatable bonds is 6. The van der Waals surface area contributed by atoms with Gasteiger partial charge in [0.15, 0.2) is 0 Å². The second-order valence-electron chi connectivity index (χ2n) is 9.49. The first-order valence-electron chi connectivity index (χ1n) is 11.6. The fourth-order valence-electron chi connectivity index (χ4n) is 4.11. The van der Waals surface area contributed by atoms with E-state index in [1.54, 1.807) is 26.8 Å². The number of aromatic nitrogens is 3. The molecule has 0 spiro atoms. The normalized spacial score (nSPS) is 14.5. The average Bonchev–Trinajstić information content (AvgIpc) is 3.18. The van der Waals surface area contributed by atoms with Crippen LogP contribution in [-0.4, -0.2) is 68.0 Å². The second kappa shape index (κ2) is 9.42. The van der Waals surface area contributed by atoms with Gasteiger partial charge in [-0.2, -0.15) is 0 Å². The highest BCUT2D eigenvalue weighted by atomic mass is 16.3. The Morgan fingerprint density at radius 2 is 1.85 bits per heavy atom. The second-order valence-corrected chi connectivity index (χ2v) is 9.49. The lowest BCUT2D eigenvalue weighted by Gasteiger charge is -2.36. The number of nitrogens with zero attached hydrogens (tertiary/aromatic N) is 5. The first-order valence-corrected chi connectivity index (χ1v) is 11.6. The molecule has 4 rings (SSSR count). The van der Waals surface area contributed by atoms with Crippen LogP contribution in [0.5, 0.6) is 0 Å². The quantitative estimate of drug-likeness (QED) is 0.581. The van der Waals surface area contributed by atoms with Gasteiger partial charge in [-0.3, -0.25) is 9.59 Å². The number of aliphatic hydroxyl groups is 1. The van der Waals surface area contributed by atoms with E-state index >= 15 is 0 Å². The molecule has 0 saturated carbocycles. The molecule has 9 heteroatoms. The lowest BCUT2D eigenvalue weighted by Crippen LogP contribution is -2.48. The average molecular weight is 465 g/mol. The zero-order chi connectivity index (χ0) is 24.5. The summed E-state index contributed by atoms with van der Waals surface area (Å²) in [5.74, 6) is -0.215. The van der Waals surface area contributed by atoms with Crippen molar-refractivity contribution in [1.29, 1.82) is 0 Å². The summed E-state index contributed by atoms with van der Waals surface area (Å²) in [6, 6.07) is 7.32. The largest absolute Gasteiger partial charge is 0.390 e. The molecular weight excluding hydrogens is 432 g/mol. The number of carbonyl (C=O) groups is 2. The van der Waals surface area contributed by atoms with E-state index in [4.69, 9.17) is 4.98 Å². The zero-order valence-electron chi connectivity index (χ0n) is 20.2. The summed E-state index contributed by atoms with van der Waals surface area (Å²) in [6.45, 7) is 9.58. The minimum absolute atomic E-state index is 0.0684. The fraction of sp³-hybridized carbons (Fsp3) is 0.440. The molecule has 3 aromatic rings. The van der Waals surface area contributed by atoms with Gasteiger partial charge >= 0.3 is 0 Å². The van der Waals surface area contributed by atoms with Gasteiger partial charge in [0.2, 0.25) is 5.91 Å². The highest BCUT2D eigenvalue weighted by Crippen LogP contribution is 2.30. The Morgan fingerprint density at radius 1 is 1.12 bits per heavy atom. The van der Waals surface area contributed by atoms with Crippen molar-refractivity contribution < 1.29 is 14.7 Å². The van der Waals surface area contributed by atoms with Gasteiger partial charge in [-0.25, -0.2) is 9.97 Å². The summed E-state index contributed by atoms with van der Waals surface area (Å²) in [7, 11) is 0. The number of pyridine rings is 2. The molecule has 3 aromatic heterocycles. The Bertz CT molecular complexity index is 1210. The van der Waals surface area contributed by atoms with Crippen LogP contribution >= 0.6 is 0 Å². The first-order chi connectivity index (χ1) is 16.1. The number of aryl methyl sites for hydroxylation is 2. The molecule has 0 bridgehead atoms. The van der Waals surface area contributed by atoms with Crippen molar-refractivity contribution >= 4 is 28.8 Å². The van der Waals surface area contributed by atoms with Crippen molar-refractivity contribution in [2.45, 2.75) is 46.1 Å². The third-order valence-corrected chi connectivity index (χ3v) is 6.05. The van der Waals surface area contributed by atoms with Gasteiger partial charge in [0.25, 0.3) is 5.91 Å². The molecule has 0 atom stereocenters. The molecular formula is C25H32N6O3. The van der Waals surface area contributed by atoms with E-state index in [9.17, 15) is 14.7 Å². The van der Waals surface area contributed by atoms with Gasteiger partial charge in [0.1, 0.15) is 11.3 Å². The molecule has 2 amide bonds. The summed E-state index contributed by atoms with van der Waals surface area (Å²) in [4.78, 5) is 37.8. The van der Waals surface area contributed by atoms with E-state index in [1.807, 2.05) is 46.8 Å². The molecule has 1 saturated heterocycles.